The minimum Gasteiger partial charge on any atom is -0.495 e. The van der Waals surface area contributed by atoms with Gasteiger partial charge in [0.2, 0.25) is 0 Å². The first-order valence-corrected chi connectivity index (χ1v) is 6.49. The Hall–Kier alpha value is -1.53. The van der Waals surface area contributed by atoms with Gasteiger partial charge in [-0.3, -0.25) is 4.98 Å². The average Bonchev–Trinajstić information content (AvgIpc) is 2.87. The molecular formula is C12H16N4OS. The number of methoxy groups -OCH3 is 1. The molecule has 18 heavy (non-hydrogen) atoms. The van der Waals surface area contributed by atoms with Crippen LogP contribution in [-0.2, 0) is 0 Å². The van der Waals surface area contributed by atoms with Gasteiger partial charge in [0.15, 0.2) is 0 Å². The van der Waals surface area contributed by atoms with Gasteiger partial charge >= 0.3 is 0 Å². The van der Waals surface area contributed by atoms with Crippen LogP contribution in [0, 0.1) is 0 Å². The largest absolute Gasteiger partial charge is 0.495 e. The van der Waals surface area contributed by atoms with E-state index in [2.05, 4.69) is 28.4 Å². The maximum atomic E-state index is 6.26. The fourth-order valence-corrected chi connectivity index (χ4v) is 2.57. The van der Waals surface area contributed by atoms with Crippen LogP contribution in [0.4, 0.5) is 0 Å². The van der Waals surface area contributed by atoms with Crippen LogP contribution in [0.5, 0.6) is 5.75 Å². The Bertz CT molecular complexity index is 526. The van der Waals surface area contributed by atoms with E-state index in [4.69, 9.17) is 10.5 Å². The molecule has 0 fully saturated rings. The molecule has 6 heteroatoms. The lowest BCUT2D eigenvalue weighted by atomic mass is 10.0. The van der Waals surface area contributed by atoms with E-state index in [9.17, 15) is 0 Å². The van der Waals surface area contributed by atoms with Crippen molar-refractivity contribution in [2.45, 2.75) is 25.8 Å². The van der Waals surface area contributed by atoms with Gasteiger partial charge in [0.05, 0.1) is 23.7 Å². The van der Waals surface area contributed by atoms with Gasteiger partial charge in [0.25, 0.3) is 0 Å². The van der Waals surface area contributed by atoms with E-state index >= 15 is 0 Å². The molecule has 0 amide bonds. The van der Waals surface area contributed by atoms with E-state index in [0.717, 1.165) is 10.6 Å². The second kappa shape index (κ2) is 5.41. The lowest BCUT2D eigenvalue weighted by Gasteiger charge is -2.14. The van der Waals surface area contributed by atoms with E-state index in [1.165, 1.54) is 11.5 Å². The first-order chi connectivity index (χ1) is 8.65. The minimum absolute atomic E-state index is 0.291. The molecule has 2 heterocycles. The molecule has 5 nitrogen and oxygen atoms in total. The van der Waals surface area contributed by atoms with Crippen LogP contribution in [0.3, 0.4) is 0 Å². The maximum Gasteiger partial charge on any atom is 0.142 e. The lowest BCUT2D eigenvalue weighted by Crippen LogP contribution is -2.15. The van der Waals surface area contributed by atoms with E-state index in [1.807, 2.05) is 12.1 Å². The topological polar surface area (TPSA) is 73.9 Å². The maximum absolute atomic E-state index is 6.26. The van der Waals surface area contributed by atoms with Crippen molar-refractivity contribution in [1.29, 1.82) is 0 Å². The number of hydrogen-bond donors (Lipinski definition) is 1. The third kappa shape index (κ3) is 2.34. The van der Waals surface area contributed by atoms with Crippen LogP contribution in [0.2, 0.25) is 0 Å². The number of ether oxygens (including phenoxy) is 1. The summed E-state index contributed by atoms with van der Waals surface area (Å²) in [4.78, 5) is 5.25. The predicted molar refractivity (Wildman–Crippen MR) is 70.8 cm³/mol. The number of nitrogens with zero attached hydrogens (tertiary/aromatic N) is 3. The monoisotopic (exact) mass is 264 g/mol. The molecule has 1 unspecified atom stereocenters. The Balaban J connectivity index is 2.41. The standard InChI is InChI=1S/C12H16N4OS/c1-7(2)10-12(18-16-15-10)9(13)11-8(17-3)5-4-6-14-11/h4-7,9H,13H2,1-3H3. The van der Waals surface area contributed by atoms with E-state index in [-0.39, 0.29) is 6.04 Å². The number of pyridine rings is 1. The zero-order valence-electron chi connectivity index (χ0n) is 10.6. The first kappa shape index (κ1) is 12.9. The fraction of sp³-hybridized carbons (Fsp3) is 0.417. The van der Waals surface area contributed by atoms with Crippen molar-refractivity contribution in [2.75, 3.05) is 7.11 Å². The van der Waals surface area contributed by atoms with Crippen molar-refractivity contribution in [3.05, 3.63) is 34.6 Å². The number of hydrogen-bond acceptors (Lipinski definition) is 6. The van der Waals surface area contributed by atoms with Gasteiger partial charge in [-0.25, -0.2) is 0 Å². The summed E-state index contributed by atoms with van der Waals surface area (Å²) in [6.45, 7) is 4.14. The third-order valence-corrected chi connectivity index (χ3v) is 3.51. The molecule has 0 aliphatic heterocycles. The van der Waals surface area contributed by atoms with Crippen molar-refractivity contribution in [3.8, 4) is 5.75 Å². The van der Waals surface area contributed by atoms with E-state index < -0.39 is 0 Å². The van der Waals surface area contributed by atoms with Crippen molar-refractivity contribution >= 4 is 11.5 Å². The number of aromatic nitrogens is 3. The summed E-state index contributed by atoms with van der Waals surface area (Å²) in [5.41, 5.74) is 7.91. The molecule has 0 bridgehead atoms. The Morgan fingerprint density at radius 2 is 2.11 bits per heavy atom. The normalized spacial score (nSPS) is 12.7. The predicted octanol–water partition coefficient (Wildman–Crippen LogP) is 2.11. The van der Waals surface area contributed by atoms with Crippen molar-refractivity contribution < 1.29 is 4.74 Å². The number of nitrogens with two attached hydrogens (primary N) is 1. The summed E-state index contributed by atoms with van der Waals surface area (Å²) >= 11 is 1.32. The zero-order chi connectivity index (χ0) is 13.1. The molecule has 2 rings (SSSR count). The van der Waals surface area contributed by atoms with Gasteiger partial charge in [0, 0.05) is 6.20 Å². The molecule has 2 N–H and O–H groups in total. The minimum atomic E-state index is -0.349. The van der Waals surface area contributed by atoms with Crippen molar-refractivity contribution in [3.63, 3.8) is 0 Å². The summed E-state index contributed by atoms with van der Waals surface area (Å²) in [6.07, 6.45) is 1.71. The van der Waals surface area contributed by atoms with Crippen LogP contribution in [0.1, 0.15) is 42.1 Å². The van der Waals surface area contributed by atoms with Gasteiger partial charge < -0.3 is 10.5 Å². The molecule has 2 aromatic heterocycles. The highest BCUT2D eigenvalue weighted by Gasteiger charge is 2.22. The molecule has 0 saturated heterocycles. The molecule has 0 radical (unpaired) electrons. The van der Waals surface area contributed by atoms with Crippen LogP contribution >= 0.6 is 11.5 Å². The number of rotatable bonds is 4. The van der Waals surface area contributed by atoms with E-state index in [0.29, 0.717) is 17.4 Å². The highest BCUT2D eigenvalue weighted by Crippen LogP contribution is 2.31. The Morgan fingerprint density at radius 3 is 2.78 bits per heavy atom. The second-order valence-corrected chi connectivity index (χ2v) is 5.03. The molecule has 0 saturated carbocycles. The average molecular weight is 264 g/mol. The molecular weight excluding hydrogens is 248 g/mol. The highest BCUT2D eigenvalue weighted by atomic mass is 32.1. The summed E-state index contributed by atoms with van der Waals surface area (Å²) in [5.74, 6) is 0.979. The molecule has 0 aromatic carbocycles. The molecule has 1 atom stereocenters. The summed E-state index contributed by atoms with van der Waals surface area (Å²) in [5, 5.41) is 4.14. The second-order valence-electron chi connectivity index (χ2n) is 4.25. The third-order valence-electron chi connectivity index (χ3n) is 2.68. The zero-order valence-corrected chi connectivity index (χ0v) is 11.4. The van der Waals surface area contributed by atoms with Crippen LogP contribution in [0.15, 0.2) is 18.3 Å². The van der Waals surface area contributed by atoms with Gasteiger partial charge in [-0.2, -0.15) is 0 Å². The summed E-state index contributed by atoms with van der Waals surface area (Å²) < 4.78 is 9.27. The summed E-state index contributed by atoms with van der Waals surface area (Å²) in [7, 11) is 1.61. The Morgan fingerprint density at radius 1 is 1.33 bits per heavy atom. The summed E-state index contributed by atoms with van der Waals surface area (Å²) in [6, 6.07) is 3.33. The fourth-order valence-electron chi connectivity index (χ4n) is 1.75. The Kier molecular flexibility index (Phi) is 3.88. The van der Waals surface area contributed by atoms with Crippen LogP contribution < -0.4 is 10.5 Å². The van der Waals surface area contributed by atoms with Gasteiger partial charge in [0.1, 0.15) is 11.4 Å². The highest BCUT2D eigenvalue weighted by molar-refractivity contribution is 7.05. The van der Waals surface area contributed by atoms with Gasteiger partial charge in [-0.05, 0) is 29.6 Å². The van der Waals surface area contributed by atoms with Gasteiger partial charge in [-0.1, -0.05) is 18.3 Å². The SMILES string of the molecule is COc1cccnc1C(N)c1snnc1C(C)C. The molecule has 0 aliphatic carbocycles. The van der Waals surface area contributed by atoms with Crippen molar-refractivity contribution in [2.24, 2.45) is 5.73 Å². The molecule has 0 aliphatic rings. The van der Waals surface area contributed by atoms with Gasteiger partial charge in [-0.15, -0.1) is 5.10 Å². The van der Waals surface area contributed by atoms with Crippen molar-refractivity contribution in [1.82, 2.24) is 14.6 Å². The Labute approximate surface area is 110 Å². The van der Waals surface area contributed by atoms with Crippen LogP contribution in [0.25, 0.3) is 0 Å². The smallest absolute Gasteiger partial charge is 0.142 e. The van der Waals surface area contributed by atoms with Crippen LogP contribution in [-0.4, -0.2) is 21.7 Å². The van der Waals surface area contributed by atoms with E-state index in [1.54, 1.807) is 13.3 Å². The lowest BCUT2D eigenvalue weighted by molar-refractivity contribution is 0.404. The molecule has 96 valence electrons. The molecule has 0 spiro atoms. The quantitative estimate of drug-likeness (QED) is 0.915. The first-order valence-electron chi connectivity index (χ1n) is 5.71. The molecule has 2 aromatic rings.